The van der Waals surface area contributed by atoms with Crippen LogP contribution in [-0.2, 0) is 0 Å². The topological polar surface area (TPSA) is 72.5 Å². The minimum atomic E-state index is -0.952. The lowest BCUT2D eigenvalue weighted by atomic mass is 9.93. The molecule has 0 aliphatic carbocycles. The van der Waals surface area contributed by atoms with Crippen LogP contribution in [0.15, 0.2) is 12.1 Å². The number of hydrogen-bond donors (Lipinski definition) is 2. The van der Waals surface area contributed by atoms with E-state index in [1.165, 1.54) is 0 Å². The van der Waals surface area contributed by atoms with Crippen LogP contribution in [0, 0.1) is 6.92 Å². The average molecular weight is 244 g/mol. The first-order valence-corrected chi connectivity index (χ1v) is 4.86. The quantitative estimate of drug-likeness (QED) is 0.790. The van der Waals surface area contributed by atoms with Gasteiger partial charge in [0.25, 0.3) is 0 Å². The standard InChI is InChI=1S/C11H13NO3.ClH/c1-6-2-3-7(11(13)14)9-8(12)4-5-15-10(6)9;/h2-3,8H,4-5,12H2,1H3,(H,13,14);1H/t8-;/m1./s1. The maximum absolute atomic E-state index is 11.0. The molecule has 1 aromatic rings. The lowest BCUT2D eigenvalue weighted by Crippen LogP contribution is -2.24. The number of carboxylic acid groups (broad SMARTS) is 1. The fraction of sp³-hybridized carbons (Fsp3) is 0.364. The molecule has 0 saturated heterocycles. The second-order valence-electron chi connectivity index (χ2n) is 3.72. The number of carboxylic acids is 1. The third-order valence-electron chi connectivity index (χ3n) is 2.67. The SMILES string of the molecule is Cc1ccc(C(=O)O)c2c1OCC[C@H]2N.Cl. The third-order valence-corrected chi connectivity index (χ3v) is 2.67. The maximum atomic E-state index is 11.0. The molecular weight excluding hydrogens is 230 g/mol. The molecule has 5 heteroatoms. The van der Waals surface area contributed by atoms with E-state index in [1.807, 2.05) is 6.92 Å². The van der Waals surface area contributed by atoms with Crippen molar-refractivity contribution in [2.24, 2.45) is 5.73 Å². The summed E-state index contributed by atoms with van der Waals surface area (Å²) < 4.78 is 5.47. The summed E-state index contributed by atoms with van der Waals surface area (Å²) in [6, 6.07) is 3.10. The molecule has 1 heterocycles. The van der Waals surface area contributed by atoms with Crippen molar-refractivity contribution in [2.45, 2.75) is 19.4 Å². The monoisotopic (exact) mass is 243 g/mol. The van der Waals surface area contributed by atoms with Gasteiger partial charge >= 0.3 is 5.97 Å². The van der Waals surface area contributed by atoms with Gasteiger partial charge in [-0.05, 0) is 18.6 Å². The third kappa shape index (κ3) is 1.99. The largest absolute Gasteiger partial charge is 0.493 e. The smallest absolute Gasteiger partial charge is 0.336 e. The van der Waals surface area contributed by atoms with Crippen LogP contribution in [0.25, 0.3) is 0 Å². The number of halogens is 1. The number of rotatable bonds is 1. The molecule has 88 valence electrons. The molecule has 0 unspecified atom stereocenters. The summed E-state index contributed by atoms with van der Waals surface area (Å²) in [6.45, 7) is 2.45. The van der Waals surface area contributed by atoms with Crippen LogP contribution in [0.3, 0.4) is 0 Å². The van der Waals surface area contributed by atoms with Crippen molar-refractivity contribution in [1.82, 2.24) is 0 Å². The van der Waals surface area contributed by atoms with Crippen molar-refractivity contribution < 1.29 is 14.6 Å². The van der Waals surface area contributed by atoms with Crippen LogP contribution < -0.4 is 10.5 Å². The molecule has 4 nitrogen and oxygen atoms in total. The molecular formula is C11H14ClNO3. The molecule has 0 bridgehead atoms. The molecule has 2 rings (SSSR count). The van der Waals surface area contributed by atoms with Crippen LogP contribution in [0.1, 0.15) is 33.9 Å². The second kappa shape index (κ2) is 4.72. The van der Waals surface area contributed by atoms with E-state index in [9.17, 15) is 4.79 Å². The Bertz CT molecular complexity index is 420. The van der Waals surface area contributed by atoms with E-state index < -0.39 is 5.97 Å². The molecule has 3 N–H and O–H groups in total. The molecule has 1 aromatic carbocycles. The Morgan fingerprint density at radius 3 is 2.88 bits per heavy atom. The number of nitrogens with two attached hydrogens (primary N) is 1. The summed E-state index contributed by atoms with van der Waals surface area (Å²) in [6.07, 6.45) is 0.663. The summed E-state index contributed by atoms with van der Waals surface area (Å²) >= 11 is 0. The molecule has 16 heavy (non-hydrogen) atoms. The predicted molar refractivity (Wildman–Crippen MR) is 62.4 cm³/mol. The van der Waals surface area contributed by atoms with Crippen molar-refractivity contribution in [2.75, 3.05) is 6.61 Å². The minimum Gasteiger partial charge on any atom is -0.493 e. The highest BCUT2D eigenvalue weighted by molar-refractivity contribution is 5.91. The van der Waals surface area contributed by atoms with E-state index in [-0.39, 0.29) is 24.0 Å². The summed E-state index contributed by atoms with van der Waals surface area (Å²) in [7, 11) is 0. The number of benzene rings is 1. The first-order chi connectivity index (χ1) is 7.11. The van der Waals surface area contributed by atoms with Gasteiger partial charge in [0.15, 0.2) is 0 Å². The van der Waals surface area contributed by atoms with Crippen molar-refractivity contribution in [3.05, 3.63) is 28.8 Å². The number of aromatic carboxylic acids is 1. The fourth-order valence-electron chi connectivity index (χ4n) is 1.89. The fourth-order valence-corrected chi connectivity index (χ4v) is 1.89. The molecule has 0 amide bonds. The van der Waals surface area contributed by atoms with E-state index in [0.29, 0.717) is 24.3 Å². The Kier molecular flexibility index (Phi) is 3.78. The highest BCUT2D eigenvalue weighted by Crippen LogP contribution is 2.36. The zero-order valence-corrected chi connectivity index (χ0v) is 9.71. The van der Waals surface area contributed by atoms with Crippen LogP contribution in [-0.4, -0.2) is 17.7 Å². The zero-order chi connectivity index (χ0) is 11.0. The van der Waals surface area contributed by atoms with E-state index in [0.717, 1.165) is 5.56 Å². The molecule has 1 aliphatic rings. The van der Waals surface area contributed by atoms with Crippen molar-refractivity contribution in [3.8, 4) is 5.75 Å². The van der Waals surface area contributed by atoms with Gasteiger partial charge in [-0.1, -0.05) is 6.07 Å². The van der Waals surface area contributed by atoms with Crippen molar-refractivity contribution in [3.63, 3.8) is 0 Å². The van der Waals surface area contributed by atoms with Gasteiger partial charge in [-0.3, -0.25) is 0 Å². The maximum Gasteiger partial charge on any atom is 0.336 e. The first kappa shape index (κ1) is 12.8. The molecule has 0 fully saturated rings. The number of hydrogen-bond acceptors (Lipinski definition) is 3. The lowest BCUT2D eigenvalue weighted by Gasteiger charge is -2.25. The van der Waals surface area contributed by atoms with Crippen LogP contribution in [0.5, 0.6) is 5.75 Å². The van der Waals surface area contributed by atoms with Gasteiger partial charge in [0, 0.05) is 18.0 Å². The number of carbonyl (C=O) groups is 1. The molecule has 1 aliphatic heterocycles. The van der Waals surface area contributed by atoms with Gasteiger partial charge in [-0.25, -0.2) is 4.79 Å². The van der Waals surface area contributed by atoms with Gasteiger partial charge in [0.1, 0.15) is 5.75 Å². The first-order valence-electron chi connectivity index (χ1n) is 4.86. The number of aryl methyl sites for hydroxylation is 1. The highest BCUT2D eigenvalue weighted by atomic mass is 35.5. The summed E-state index contributed by atoms with van der Waals surface area (Å²) in [4.78, 5) is 11.0. The lowest BCUT2D eigenvalue weighted by molar-refractivity contribution is 0.0693. The highest BCUT2D eigenvalue weighted by Gasteiger charge is 2.25. The van der Waals surface area contributed by atoms with Gasteiger partial charge in [0.05, 0.1) is 12.2 Å². The summed E-state index contributed by atoms with van der Waals surface area (Å²) in [5.74, 6) is -0.305. The summed E-state index contributed by atoms with van der Waals surface area (Å²) in [5, 5.41) is 9.04. The van der Waals surface area contributed by atoms with E-state index in [4.69, 9.17) is 15.6 Å². The Labute approximate surface area is 99.8 Å². The molecule has 0 aromatic heterocycles. The van der Waals surface area contributed by atoms with Crippen molar-refractivity contribution >= 4 is 18.4 Å². The molecule has 0 saturated carbocycles. The Hall–Kier alpha value is -1.26. The summed E-state index contributed by atoms with van der Waals surface area (Å²) in [5.41, 5.74) is 7.73. The van der Waals surface area contributed by atoms with Gasteiger partial charge in [-0.15, -0.1) is 12.4 Å². The van der Waals surface area contributed by atoms with Crippen LogP contribution >= 0.6 is 12.4 Å². The molecule has 1 atom stereocenters. The van der Waals surface area contributed by atoms with Crippen LogP contribution in [0.2, 0.25) is 0 Å². The van der Waals surface area contributed by atoms with Gasteiger partial charge in [0.2, 0.25) is 0 Å². The zero-order valence-electron chi connectivity index (χ0n) is 8.90. The Morgan fingerprint density at radius 2 is 2.25 bits per heavy atom. The average Bonchev–Trinajstić information content (AvgIpc) is 2.19. The van der Waals surface area contributed by atoms with E-state index >= 15 is 0 Å². The predicted octanol–water partition coefficient (Wildman–Crippen LogP) is 1.90. The van der Waals surface area contributed by atoms with Gasteiger partial charge < -0.3 is 15.6 Å². The molecule has 0 radical (unpaired) electrons. The van der Waals surface area contributed by atoms with E-state index in [2.05, 4.69) is 0 Å². The number of fused-ring (bicyclic) bond motifs is 1. The normalized spacial score (nSPS) is 18.0. The van der Waals surface area contributed by atoms with Gasteiger partial charge in [-0.2, -0.15) is 0 Å². The molecule has 0 spiro atoms. The Balaban J connectivity index is 0.00000128. The minimum absolute atomic E-state index is 0. The number of ether oxygens (including phenoxy) is 1. The van der Waals surface area contributed by atoms with Crippen molar-refractivity contribution in [1.29, 1.82) is 0 Å². The Morgan fingerprint density at radius 1 is 1.56 bits per heavy atom. The second-order valence-corrected chi connectivity index (χ2v) is 3.72. The van der Waals surface area contributed by atoms with E-state index in [1.54, 1.807) is 12.1 Å². The van der Waals surface area contributed by atoms with Crippen LogP contribution in [0.4, 0.5) is 0 Å².